The Morgan fingerprint density at radius 3 is 2.41 bits per heavy atom. The maximum atomic E-state index is 13.1. The number of carbonyl (C=O) groups is 1. The van der Waals surface area contributed by atoms with Crippen molar-refractivity contribution in [3.63, 3.8) is 0 Å². The van der Waals surface area contributed by atoms with E-state index < -0.39 is 0 Å². The van der Waals surface area contributed by atoms with Crippen molar-refractivity contribution in [2.75, 3.05) is 11.9 Å². The summed E-state index contributed by atoms with van der Waals surface area (Å²) in [5.41, 5.74) is 2.91. The Labute approximate surface area is 157 Å². The molecular weight excluding hydrogens is 343 g/mol. The SMILES string of the molecule is CC(C)CNC(=O)c1ccc(Nc2cc(-c3ccc(F)cc3)ncn2)cc1. The lowest BCUT2D eigenvalue weighted by atomic mass is 10.1. The molecule has 0 bridgehead atoms. The van der Waals surface area contributed by atoms with Crippen LogP contribution in [0.3, 0.4) is 0 Å². The molecule has 0 aliphatic carbocycles. The zero-order valence-corrected chi connectivity index (χ0v) is 15.2. The van der Waals surface area contributed by atoms with Gasteiger partial charge in [0.15, 0.2) is 0 Å². The van der Waals surface area contributed by atoms with Crippen LogP contribution in [-0.2, 0) is 0 Å². The first-order chi connectivity index (χ1) is 13.0. The number of halogens is 1. The number of hydrogen-bond donors (Lipinski definition) is 2. The van der Waals surface area contributed by atoms with Crippen LogP contribution >= 0.6 is 0 Å². The molecule has 1 amide bonds. The zero-order valence-electron chi connectivity index (χ0n) is 15.2. The molecule has 0 unspecified atom stereocenters. The first-order valence-corrected chi connectivity index (χ1v) is 8.74. The van der Waals surface area contributed by atoms with Crippen LogP contribution in [0, 0.1) is 11.7 Å². The van der Waals surface area contributed by atoms with Crippen LogP contribution in [0.25, 0.3) is 11.3 Å². The summed E-state index contributed by atoms with van der Waals surface area (Å²) < 4.78 is 13.1. The molecule has 5 nitrogen and oxygen atoms in total. The van der Waals surface area contributed by atoms with Gasteiger partial charge in [0.2, 0.25) is 0 Å². The van der Waals surface area contributed by atoms with Crippen LogP contribution < -0.4 is 10.6 Å². The Morgan fingerprint density at radius 1 is 1.04 bits per heavy atom. The summed E-state index contributed by atoms with van der Waals surface area (Å²) in [5, 5.41) is 6.08. The Bertz CT molecular complexity index is 908. The molecule has 0 spiro atoms. The smallest absolute Gasteiger partial charge is 0.251 e. The van der Waals surface area contributed by atoms with Crippen molar-refractivity contribution in [1.82, 2.24) is 15.3 Å². The lowest BCUT2D eigenvalue weighted by Gasteiger charge is -2.09. The largest absolute Gasteiger partial charge is 0.352 e. The van der Waals surface area contributed by atoms with E-state index in [4.69, 9.17) is 0 Å². The molecule has 0 saturated carbocycles. The van der Waals surface area contributed by atoms with Gasteiger partial charge in [0.05, 0.1) is 5.69 Å². The number of amides is 1. The van der Waals surface area contributed by atoms with Gasteiger partial charge >= 0.3 is 0 Å². The molecule has 3 rings (SSSR count). The van der Waals surface area contributed by atoms with Gasteiger partial charge in [0.25, 0.3) is 5.91 Å². The number of carbonyl (C=O) groups excluding carboxylic acids is 1. The second-order valence-corrected chi connectivity index (χ2v) is 6.60. The van der Waals surface area contributed by atoms with E-state index in [-0.39, 0.29) is 11.7 Å². The minimum absolute atomic E-state index is 0.0871. The first kappa shape index (κ1) is 18.5. The fourth-order valence-corrected chi connectivity index (χ4v) is 2.46. The van der Waals surface area contributed by atoms with Crippen LogP contribution in [-0.4, -0.2) is 22.4 Å². The van der Waals surface area contributed by atoms with Crippen molar-refractivity contribution in [2.24, 2.45) is 5.92 Å². The molecule has 2 N–H and O–H groups in total. The third-order valence-electron chi connectivity index (χ3n) is 3.90. The second kappa shape index (κ2) is 8.40. The molecule has 6 heteroatoms. The summed E-state index contributed by atoms with van der Waals surface area (Å²) in [6.45, 7) is 4.75. The zero-order chi connectivity index (χ0) is 19.2. The highest BCUT2D eigenvalue weighted by Crippen LogP contribution is 2.21. The molecule has 0 aliphatic rings. The van der Waals surface area contributed by atoms with Gasteiger partial charge in [0.1, 0.15) is 18.0 Å². The number of hydrogen-bond acceptors (Lipinski definition) is 4. The third kappa shape index (κ3) is 5.10. The van der Waals surface area contributed by atoms with E-state index in [1.807, 2.05) is 12.1 Å². The van der Waals surface area contributed by atoms with Gasteiger partial charge < -0.3 is 10.6 Å². The molecule has 0 radical (unpaired) electrons. The van der Waals surface area contributed by atoms with E-state index in [0.29, 0.717) is 29.5 Å². The average Bonchev–Trinajstić information content (AvgIpc) is 2.67. The summed E-state index contributed by atoms with van der Waals surface area (Å²) in [4.78, 5) is 20.5. The number of benzene rings is 2. The number of nitrogens with zero attached hydrogens (tertiary/aromatic N) is 2. The summed E-state index contributed by atoms with van der Waals surface area (Å²) >= 11 is 0. The van der Waals surface area contributed by atoms with Gasteiger partial charge in [-0.1, -0.05) is 13.8 Å². The molecule has 0 fully saturated rings. The van der Waals surface area contributed by atoms with Crippen LogP contribution in [0.2, 0.25) is 0 Å². The van der Waals surface area contributed by atoms with Crippen LogP contribution in [0.1, 0.15) is 24.2 Å². The molecule has 0 atom stereocenters. The lowest BCUT2D eigenvalue weighted by molar-refractivity contribution is 0.0949. The van der Waals surface area contributed by atoms with Gasteiger partial charge in [-0.05, 0) is 54.4 Å². The predicted octanol–water partition coefficient (Wildman–Crippen LogP) is 4.41. The van der Waals surface area contributed by atoms with Crippen molar-refractivity contribution in [2.45, 2.75) is 13.8 Å². The van der Waals surface area contributed by atoms with Gasteiger partial charge in [0, 0.05) is 29.4 Å². The molecule has 138 valence electrons. The Kier molecular flexibility index (Phi) is 5.76. The molecular formula is C21H21FN4O. The van der Waals surface area contributed by atoms with E-state index in [0.717, 1.165) is 11.3 Å². The molecule has 0 saturated heterocycles. The van der Waals surface area contributed by atoms with Gasteiger partial charge in [-0.3, -0.25) is 4.79 Å². The number of anilines is 2. The highest BCUT2D eigenvalue weighted by Gasteiger charge is 2.07. The number of aromatic nitrogens is 2. The first-order valence-electron chi connectivity index (χ1n) is 8.74. The Morgan fingerprint density at radius 2 is 1.74 bits per heavy atom. The molecule has 1 heterocycles. The van der Waals surface area contributed by atoms with E-state index in [9.17, 15) is 9.18 Å². The standard InChI is InChI=1S/C21H21FN4O/c1-14(2)12-23-21(27)16-5-9-18(10-6-16)26-20-11-19(24-13-25-20)15-3-7-17(22)8-4-15/h3-11,13-14H,12H2,1-2H3,(H,23,27)(H,24,25,26). The van der Waals surface area contributed by atoms with Crippen molar-refractivity contribution < 1.29 is 9.18 Å². The third-order valence-corrected chi connectivity index (χ3v) is 3.90. The number of rotatable bonds is 6. The molecule has 27 heavy (non-hydrogen) atoms. The van der Waals surface area contributed by atoms with Crippen LogP contribution in [0.15, 0.2) is 60.9 Å². The Balaban J connectivity index is 1.69. The van der Waals surface area contributed by atoms with Crippen molar-refractivity contribution >= 4 is 17.4 Å². The van der Waals surface area contributed by atoms with Crippen LogP contribution in [0.5, 0.6) is 0 Å². The predicted molar refractivity (Wildman–Crippen MR) is 104 cm³/mol. The second-order valence-electron chi connectivity index (χ2n) is 6.60. The highest BCUT2D eigenvalue weighted by molar-refractivity contribution is 5.94. The van der Waals surface area contributed by atoms with E-state index in [1.165, 1.54) is 18.5 Å². The van der Waals surface area contributed by atoms with Crippen molar-refractivity contribution in [3.05, 3.63) is 72.3 Å². The summed E-state index contributed by atoms with van der Waals surface area (Å²) in [6.07, 6.45) is 1.45. The normalized spacial score (nSPS) is 10.7. The fraction of sp³-hybridized carbons (Fsp3) is 0.190. The average molecular weight is 364 g/mol. The minimum Gasteiger partial charge on any atom is -0.352 e. The van der Waals surface area contributed by atoms with Gasteiger partial charge in [-0.25, -0.2) is 14.4 Å². The van der Waals surface area contributed by atoms with Crippen molar-refractivity contribution in [1.29, 1.82) is 0 Å². The summed E-state index contributed by atoms with van der Waals surface area (Å²) in [7, 11) is 0. The topological polar surface area (TPSA) is 66.9 Å². The van der Waals surface area contributed by atoms with Crippen molar-refractivity contribution in [3.8, 4) is 11.3 Å². The summed E-state index contributed by atoms with van der Waals surface area (Å²) in [6, 6.07) is 15.1. The highest BCUT2D eigenvalue weighted by atomic mass is 19.1. The van der Waals surface area contributed by atoms with Gasteiger partial charge in [-0.2, -0.15) is 0 Å². The molecule has 3 aromatic rings. The fourth-order valence-electron chi connectivity index (χ4n) is 2.46. The van der Waals surface area contributed by atoms with E-state index in [1.54, 1.807) is 30.3 Å². The molecule has 2 aromatic carbocycles. The maximum Gasteiger partial charge on any atom is 0.251 e. The quantitative estimate of drug-likeness (QED) is 0.680. The van der Waals surface area contributed by atoms with E-state index in [2.05, 4.69) is 34.4 Å². The summed E-state index contributed by atoms with van der Waals surface area (Å²) in [5.74, 6) is 0.642. The Hall–Kier alpha value is -3.28. The monoisotopic (exact) mass is 364 g/mol. The maximum absolute atomic E-state index is 13.1. The minimum atomic E-state index is -0.288. The molecule has 0 aliphatic heterocycles. The van der Waals surface area contributed by atoms with E-state index >= 15 is 0 Å². The lowest BCUT2D eigenvalue weighted by Crippen LogP contribution is -2.27. The van der Waals surface area contributed by atoms with Gasteiger partial charge in [-0.15, -0.1) is 0 Å². The molecule has 1 aromatic heterocycles. The number of nitrogens with one attached hydrogen (secondary N) is 2. The van der Waals surface area contributed by atoms with Crippen LogP contribution in [0.4, 0.5) is 15.9 Å².